The van der Waals surface area contributed by atoms with E-state index in [1.54, 1.807) is 25.6 Å². The summed E-state index contributed by atoms with van der Waals surface area (Å²) in [6.45, 7) is 4.33. The molecule has 190 valence electrons. The fraction of sp³-hybridized carbons (Fsp3) is 0.321. The number of aromatic nitrogens is 4. The minimum absolute atomic E-state index is 0.113. The molecule has 0 radical (unpaired) electrons. The van der Waals surface area contributed by atoms with E-state index < -0.39 is 0 Å². The van der Waals surface area contributed by atoms with Crippen LogP contribution in [0.4, 0.5) is 11.6 Å². The van der Waals surface area contributed by atoms with Crippen molar-refractivity contribution in [3.8, 4) is 11.3 Å². The molecule has 1 saturated heterocycles. The summed E-state index contributed by atoms with van der Waals surface area (Å²) in [5, 5.41) is 16.7. The molecule has 1 aliphatic rings. The van der Waals surface area contributed by atoms with Crippen molar-refractivity contribution in [3.05, 3.63) is 72.3 Å². The second kappa shape index (κ2) is 10.9. The average molecular weight is 498 g/mol. The lowest BCUT2D eigenvalue weighted by atomic mass is 9.94. The molecule has 9 nitrogen and oxygen atoms in total. The van der Waals surface area contributed by atoms with Gasteiger partial charge in [0.15, 0.2) is 0 Å². The number of benzene rings is 1. The zero-order valence-electron chi connectivity index (χ0n) is 21.1. The highest BCUT2D eigenvalue weighted by atomic mass is 16.3. The number of aliphatic hydroxyl groups excluding tert-OH is 1. The van der Waals surface area contributed by atoms with E-state index in [1.807, 2.05) is 36.5 Å². The number of hydrogen-bond acceptors (Lipinski definition) is 8. The van der Waals surface area contributed by atoms with Gasteiger partial charge in [0.1, 0.15) is 18.0 Å². The zero-order valence-corrected chi connectivity index (χ0v) is 21.1. The fourth-order valence-electron chi connectivity index (χ4n) is 4.79. The first-order chi connectivity index (χ1) is 18.0. The highest BCUT2D eigenvalue weighted by Gasteiger charge is 2.21. The highest BCUT2D eigenvalue weighted by Crippen LogP contribution is 2.28. The van der Waals surface area contributed by atoms with Crippen LogP contribution in [0.2, 0.25) is 0 Å². The molecule has 2 atom stereocenters. The Morgan fingerprint density at radius 1 is 1.16 bits per heavy atom. The molecule has 5 rings (SSSR count). The van der Waals surface area contributed by atoms with Gasteiger partial charge in [0, 0.05) is 56.1 Å². The SMILES string of the molecule is CNC(=O)c1ccnc2c(C(C)CCNc3cc(-c4ccc(N5CC[C@@H](O)C5)nc4)ncn3)cccc12. The maximum atomic E-state index is 12.3. The summed E-state index contributed by atoms with van der Waals surface area (Å²) in [6, 6.07) is 13.7. The van der Waals surface area contributed by atoms with E-state index in [9.17, 15) is 9.90 Å². The maximum Gasteiger partial charge on any atom is 0.251 e. The number of rotatable bonds is 8. The molecule has 1 aliphatic heterocycles. The quantitative estimate of drug-likeness (QED) is 0.338. The van der Waals surface area contributed by atoms with E-state index in [-0.39, 0.29) is 17.9 Å². The van der Waals surface area contributed by atoms with Crippen LogP contribution >= 0.6 is 0 Å². The third kappa shape index (κ3) is 5.36. The van der Waals surface area contributed by atoms with Gasteiger partial charge in [-0.2, -0.15) is 0 Å². The number of carbonyl (C=O) groups excluding carboxylic acids is 1. The maximum absolute atomic E-state index is 12.3. The standard InChI is InChI=1S/C28H31N7O2/c1-18(21-4-3-5-22-23(28(37)29-2)9-12-31-27(21)22)8-11-30-25-14-24(33-17-34-25)19-6-7-26(32-15-19)35-13-10-20(36)16-35/h3-7,9,12,14-15,17-18,20,36H,8,10-11,13,16H2,1-2H3,(H,29,37)(H,30,33,34)/t18?,20-/m1/s1. The second-order valence-electron chi connectivity index (χ2n) is 9.38. The summed E-state index contributed by atoms with van der Waals surface area (Å²) in [5.41, 5.74) is 4.32. The molecule has 3 N–H and O–H groups in total. The summed E-state index contributed by atoms with van der Waals surface area (Å²) < 4.78 is 0. The summed E-state index contributed by atoms with van der Waals surface area (Å²) in [5.74, 6) is 1.73. The number of fused-ring (bicyclic) bond motifs is 1. The van der Waals surface area contributed by atoms with Crippen LogP contribution in [0, 0.1) is 0 Å². The van der Waals surface area contributed by atoms with E-state index >= 15 is 0 Å². The number of β-amino-alcohol motifs (C(OH)–C–C–N with tert-alkyl or cyclic N) is 1. The van der Waals surface area contributed by atoms with Crippen molar-refractivity contribution in [2.24, 2.45) is 0 Å². The van der Waals surface area contributed by atoms with E-state index in [1.165, 1.54) is 0 Å². The second-order valence-corrected chi connectivity index (χ2v) is 9.38. The Hall–Kier alpha value is -4.11. The molecule has 0 bridgehead atoms. The summed E-state index contributed by atoms with van der Waals surface area (Å²) in [6.07, 6.45) is 6.42. The molecule has 37 heavy (non-hydrogen) atoms. The van der Waals surface area contributed by atoms with Crippen LogP contribution in [0.25, 0.3) is 22.2 Å². The third-order valence-electron chi connectivity index (χ3n) is 6.89. The topological polar surface area (TPSA) is 116 Å². The van der Waals surface area contributed by atoms with E-state index in [4.69, 9.17) is 0 Å². The lowest BCUT2D eigenvalue weighted by molar-refractivity contribution is 0.0964. The smallest absolute Gasteiger partial charge is 0.251 e. The Kier molecular flexibility index (Phi) is 7.23. The molecule has 3 aromatic heterocycles. The number of anilines is 2. The number of hydrogen-bond donors (Lipinski definition) is 3. The molecular formula is C28H31N7O2. The predicted molar refractivity (Wildman–Crippen MR) is 145 cm³/mol. The largest absolute Gasteiger partial charge is 0.391 e. The van der Waals surface area contributed by atoms with Gasteiger partial charge in [-0.05, 0) is 42.5 Å². The van der Waals surface area contributed by atoms with Crippen LogP contribution in [0.3, 0.4) is 0 Å². The first-order valence-corrected chi connectivity index (χ1v) is 12.6. The van der Waals surface area contributed by atoms with E-state index in [0.717, 1.165) is 65.3 Å². The van der Waals surface area contributed by atoms with Crippen LogP contribution in [0.1, 0.15) is 41.6 Å². The number of pyridine rings is 2. The van der Waals surface area contributed by atoms with Crippen LogP contribution in [-0.2, 0) is 0 Å². The van der Waals surface area contributed by atoms with Gasteiger partial charge in [-0.25, -0.2) is 15.0 Å². The number of para-hydroxylation sites is 1. The zero-order chi connectivity index (χ0) is 25.8. The van der Waals surface area contributed by atoms with Crippen molar-refractivity contribution in [1.82, 2.24) is 25.3 Å². The van der Waals surface area contributed by atoms with E-state index in [0.29, 0.717) is 12.1 Å². The predicted octanol–water partition coefficient (Wildman–Crippen LogP) is 3.62. The molecule has 0 spiro atoms. The minimum Gasteiger partial charge on any atom is -0.391 e. The van der Waals surface area contributed by atoms with Crippen molar-refractivity contribution < 1.29 is 9.90 Å². The minimum atomic E-state index is -0.281. The van der Waals surface area contributed by atoms with Gasteiger partial charge in [-0.3, -0.25) is 9.78 Å². The summed E-state index contributed by atoms with van der Waals surface area (Å²) in [7, 11) is 1.64. The van der Waals surface area contributed by atoms with Crippen LogP contribution in [0.5, 0.6) is 0 Å². The van der Waals surface area contributed by atoms with Gasteiger partial charge in [-0.15, -0.1) is 0 Å². The van der Waals surface area contributed by atoms with Crippen LogP contribution in [-0.4, -0.2) is 63.7 Å². The average Bonchev–Trinajstić information content (AvgIpc) is 3.38. The summed E-state index contributed by atoms with van der Waals surface area (Å²) >= 11 is 0. The van der Waals surface area contributed by atoms with Gasteiger partial charge < -0.3 is 20.6 Å². The van der Waals surface area contributed by atoms with Crippen LogP contribution in [0.15, 0.2) is 61.2 Å². The van der Waals surface area contributed by atoms with Gasteiger partial charge >= 0.3 is 0 Å². The highest BCUT2D eigenvalue weighted by molar-refractivity contribution is 6.06. The van der Waals surface area contributed by atoms with Gasteiger partial charge in [0.2, 0.25) is 0 Å². The van der Waals surface area contributed by atoms with Gasteiger partial charge in [-0.1, -0.05) is 25.1 Å². The van der Waals surface area contributed by atoms with Crippen molar-refractivity contribution >= 4 is 28.4 Å². The lowest BCUT2D eigenvalue weighted by Gasteiger charge is -2.17. The number of nitrogens with one attached hydrogen (secondary N) is 2. The number of carbonyl (C=O) groups is 1. The number of amides is 1. The Labute approximate surface area is 216 Å². The monoisotopic (exact) mass is 497 g/mol. The number of nitrogens with zero attached hydrogens (tertiary/aromatic N) is 5. The van der Waals surface area contributed by atoms with Crippen molar-refractivity contribution in [3.63, 3.8) is 0 Å². The van der Waals surface area contributed by atoms with Crippen LogP contribution < -0.4 is 15.5 Å². The van der Waals surface area contributed by atoms with E-state index in [2.05, 4.69) is 48.5 Å². The van der Waals surface area contributed by atoms with Gasteiger partial charge in [0.25, 0.3) is 5.91 Å². The molecule has 0 aliphatic carbocycles. The molecule has 0 saturated carbocycles. The fourth-order valence-corrected chi connectivity index (χ4v) is 4.79. The Morgan fingerprint density at radius 2 is 2.05 bits per heavy atom. The summed E-state index contributed by atoms with van der Waals surface area (Å²) in [4.78, 5) is 32.3. The first kappa shape index (κ1) is 24.6. The lowest BCUT2D eigenvalue weighted by Crippen LogP contribution is -2.21. The van der Waals surface area contributed by atoms with Crippen molar-refractivity contribution in [2.75, 3.05) is 36.9 Å². The molecular weight excluding hydrogens is 466 g/mol. The Morgan fingerprint density at radius 3 is 2.81 bits per heavy atom. The molecule has 1 amide bonds. The Bertz CT molecular complexity index is 1390. The molecule has 1 unspecified atom stereocenters. The molecule has 1 fully saturated rings. The van der Waals surface area contributed by atoms with Crippen molar-refractivity contribution in [1.29, 1.82) is 0 Å². The molecule has 4 heterocycles. The number of aliphatic hydroxyl groups is 1. The molecule has 9 heteroatoms. The Balaban J connectivity index is 1.24. The third-order valence-corrected chi connectivity index (χ3v) is 6.89. The molecule has 1 aromatic carbocycles. The normalized spacial score (nSPS) is 16.1. The van der Waals surface area contributed by atoms with Gasteiger partial charge in [0.05, 0.1) is 22.9 Å². The first-order valence-electron chi connectivity index (χ1n) is 12.6. The molecule has 4 aromatic rings. The van der Waals surface area contributed by atoms with Crippen molar-refractivity contribution in [2.45, 2.75) is 31.8 Å².